The lowest BCUT2D eigenvalue weighted by molar-refractivity contribution is 0.410. The molecule has 1 aliphatic carbocycles. The van der Waals surface area contributed by atoms with Crippen LogP contribution in [0.4, 0.5) is 5.82 Å². The van der Waals surface area contributed by atoms with Crippen molar-refractivity contribution < 1.29 is 4.74 Å². The van der Waals surface area contributed by atoms with Crippen LogP contribution in [0.5, 0.6) is 5.75 Å². The van der Waals surface area contributed by atoms with Crippen molar-refractivity contribution in [3.05, 3.63) is 28.9 Å². The normalized spacial score (nSPS) is 14.7. The molecule has 1 heterocycles. The molecule has 0 saturated heterocycles. The van der Waals surface area contributed by atoms with Crippen LogP contribution in [0.1, 0.15) is 24.3 Å². The lowest BCUT2D eigenvalue weighted by Gasteiger charge is -2.12. The predicted molar refractivity (Wildman–Crippen MR) is 76.6 cm³/mol. The van der Waals surface area contributed by atoms with Gasteiger partial charge in [-0.2, -0.15) is 5.10 Å². The minimum Gasteiger partial charge on any atom is -0.496 e. The fraction of sp³-hybridized carbons (Fsp3) is 0.357. The minimum atomic E-state index is 0.544. The van der Waals surface area contributed by atoms with Gasteiger partial charge in [0.25, 0.3) is 0 Å². The van der Waals surface area contributed by atoms with Crippen LogP contribution < -0.4 is 10.5 Å². The summed E-state index contributed by atoms with van der Waals surface area (Å²) < 4.78 is 7.13. The Labute approximate surface area is 117 Å². The highest BCUT2D eigenvalue weighted by atomic mass is 35.5. The third kappa shape index (κ3) is 2.06. The summed E-state index contributed by atoms with van der Waals surface area (Å²) in [7, 11) is 3.49. The van der Waals surface area contributed by atoms with Crippen LogP contribution in [0.15, 0.2) is 18.3 Å². The monoisotopic (exact) mass is 277 g/mol. The molecule has 1 aromatic heterocycles. The Hall–Kier alpha value is -1.68. The molecule has 0 unspecified atom stereocenters. The number of hydrogen-bond acceptors (Lipinski definition) is 3. The van der Waals surface area contributed by atoms with E-state index < -0.39 is 0 Å². The van der Waals surface area contributed by atoms with Gasteiger partial charge >= 0.3 is 0 Å². The number of anilines is 1. The Morgan fingerprint density at radius 2 is 2.16 bits per heavy atom. The first kappa shape index (κ1) is 12.4. The molecule has 0 aliphatic heterocycles. The summed E-state index contributed by atoms with van der Waals surface area (Å²) >= 11 is 6.41. The second-order valence-electron chi connectivity index (χ2n) is 4.92. The van der Waals surface area contributed by atoms with Gasteiger partial charge in [-0.15, -0.1) is 0 Å². The van der Waals surface area contributed by atoms with Crippen LogP contribution in [0.3, 0.4) is 0 Å². The average Bonchev–Trinajstić information content (AvgIpc) is 3.16. The lowest BCUT2D eigenvalue weighted by Crippen LogP contribution is -1.98. The van der Waals surface area contributed by atoms with E-state index in [1.165, 1.54) is 12.8 Å². The van der Waals surface area contributed by atoms with Gasteiger partial charge in [-0.25, -0.2) is 0 Å². The molecule has 2 aromatic rings. The Kier molecular flexibility index (Phi) is 2.90. The fourth-order valence-corrected chi connectivity index (χ4v) is 2.72. The molecule has 4 nitrogen and oxygen atoms in total. The van der Waals surface area contributed by atoms with E-state index in [0.717, 1.165) is 27.5 Å². The van der Waals surface area contributed by atoms with Gasteiger partial charge in [-0.1, -0.05) is 11.6 Å². The van der Waals surface area contributed by atoms with Crippen LogP contribution in [0.25, 0.3) is 11.1 Å². The van der Waals surface area contributed by atoms with Crippen molar-refractivity contribution in [3.8, 4) is 16.9 Å². The molecule has 1 fully saturated rings. The van der Waals surface area contributed by atoms with Gasteiger partial charge in [0.1, 0.15) is 11.6 Å². The highest BCUT2D eigenvalue weighted by Gasteiger charge is 2.29. The second kappa shape index (κ2) is 4.46. The number of halogens is 1. The Bertz CT molecular complexity index is 632. The number of nitrogens with zero attached hydrogens (tertiary/aromatic N) is 2. The third-order valence-corrected chi connectivity index (χ3v) is 3.91. The maximum Gasteiger partial charge on any atom is 0.129 e. The molecular formula is C14H16ClN3O. The SMILES string of the molecule is COc1cc(-c2cnn(C)c2N)cc(Cl)c1C1CC1. The number of ether oxygens (including phenoxy) is 1. The van der Waals surface area contributed by atoms with Gasteiger partial charge in [-0.3, -0.25) is 4.68 Å². The summed E-state index contributed by atoms with van der Waals surface area (Å²) in [6.07, 6.45) is 4.12. The van der Waals surface area contributed by atoms with Crippen LogP contribution in [-0.2, 0) is 7.05 Å². The van der Waals surface area contributed by atoms with Crippen LogP contribution in [0.2, 0.25) is 5.02 Å². The van der Waals surface area contributed by atoms with Crippen LogP contribution in [0, 0.1) is 0 Å². The molecule has 1 aromatic carbocycles. The smallest absolute Gasteiger partial charge is 0.129 e. The van der Waals surface area contributed by atoms with E-state index in [0.29, 0.717) is 11.7 Å². The average molecular weight is 278 g/mol. The molecule has 3 rings (SSSR count). The van der Waals surface area contributed by atoms with E-state index in [4.69, 9.17) is 22.1 Å². The van der Waals surface area contributed by atoms with E-state index in [1.54, 1.807) is 18.0 Å². The molecule has 19 heavy (non-hydrogen) atoms. The zero-order valence-corrected chi connectivity index (χ0v) is 11.7. The van der Waals surface area contributed by atoms with Gasteiger partial charge < -0.3 is 10.5 Å². The molecule has 0 radical (unpaired) electrons. The van der Waals surface area contributed by atoms with Crippen molar-refractivity contribution >= 4 is 17.4 Å². The fourth-order valence-electron chi connectivity index (χ4n) is 2.35. The zero-order chi connectivity index (χ0) is 13.6. The molecule has 0 bridgehead atoms. The zero-order valence-electron chi connectivity index (χ0n) is 11.0. The number of methoxy groups -OCH3 is 1. The molecule has 0 spiro atoms. The third-order valence-electron chi connectivity index (χ3n) is 3.59. The summed E-state index contributed by atoms with van der Waals surface area (Å²) in [5.41, 5.74) is 8.94. The first-order chi connectivity index (χ1) is 9.11. The standard InChI is InChI=1S/C14H16ClN3O/c1-18-14(16)10(7-17-18)9-5-11(15)13(8-3-4-8)12(6-9)19-2/h5-8H,3-4,16H2,1-2H3. The van der Waals surface area contributed by atoms with Crippen molar-refractivity contribution in [1.82, 2.24) is 9.78 Å². The molecule has 100 valence electrons. The molecule has 5 heteroatoms. The topological polar surface area (TPSA) is 53.1 Å². The maximum atomic E-state index is 6.41. The highest BCUT2D eigenvalue weighted by molar-refractivity contribution is 6.32. The quantitative estimate of drug-likeness (QED) is 0.937. The van der Waals surface area contributed by atoms with Crippen molar-refractivity contribution in [2.75, 3.05) is 12.8 Å². The Morgan fingerprint density at radius 3 is 2.68 bits per heavy atom. The summed E-state index contributed by atoms with van der Waals surface area (Å²) in [5.74, 6) is 2.01. The molecule has 1 saturated carbocycles. The van der Waals surface area contributed by atoms with Gasteiger partial charge in [-0.05, 0) is 36.5 Å². The van der Waals surface area contributed by atoms with Crippen molar-refractivity contribution in [2.45, 2.75) is 18.8 Å². The predicted octanol–water partition coefficient (Wildman–Crippen LogP) is 3.21. The first-order valence-corrected chi connectivity index (χ1v) is 6.65. The van der Waals surface area contributed by atoms with Gasteiger partial charge in [0.15, 0.2) is 0 Å². The number of hydrogen-bond donors (Lipinski definition) is 1. The number of aryl methyl sites for hydroxylation is 1. The Morgan fingerprint density at radius 1 is 1.42 bits per heavy atom. The van der Waals surface area contributed by atoms with E-state index >= 15 is 0 Å². The summed E-state index contributed by atoms with van der Waals surface area (Å²) in [6, 6.07) is 3.94. The molecule has 0 atom stereocenters. The summed E-state index contributed by atoms with van der Waals surface area (Å²) in [5, 5.41) is 4.91. The van der Waals surface area contributed by atoms with E-state index in [-0.39, 0.29) is 0 Å². The number of nitrogen functional groups attached to an aromatic ring is 1. The number of aromatic nitrogens is 2. The largest absolute Gasteiger partial charge is 0.496 e. The number of benzene rings is 1. The van der Waals surface area contributed by atoms with Gasteiger partial charge in [0, 0.05) is 23.2 Å². The van der Waals surface area contributed by atoms with E-state index in [2.05, 4.69) is 5.10 Å². The first-order valence-electron chi connectivity index (χ1n) is 6.27. The molecule has 0 amide bonds. The number of rotatable bonds is 3. The summed E-state index contributed by atoms with van der Waals surface area (Å²) in [4.78, 5) is 0. The van der Waals surface area contributed by atoms with E-state index in [9.17, 15) is 0 Å². The minimum absolute atomic E-state index is 0.544. The second-order valence-corrected chi connectivity index (χ2v) is 5.32. The summed E-state index contributed by atoms with van der Waals surface area (Å²) in [6.45, 7) is 0. The molecular weight excluding hydrogens is 262 g/mol. The molecule has 2 N–H and O–H groups in total. The van der Waals surface area contributed by atoms with Crippen molar-refractivity contribution in [1.29, 1.82) is 0 Å². The van der Waals surface area contributed by atoms with Crippen LogP contribution in [-0.4, -0.2) is 16.9 Å². The Balaban J connectivity index is 2.13. The molecule has 1 aliphatic rings. The van der Waals surface area contributed by atoms with Gasteiger partial charge in [0.2, 0.25) is 0 Å². The maximum absolute atomic E-state index is 6.41. The number of nitrogens with two attached hydrogens (primary N) is 1. The van der Waals surface area contributed by atoms with Gasteiger partial charge in [0.05, 0.1) is 13.3 Å². The lowest BCUT2D eigenvalue weighted by atomic mass is 10.0. The van der Waals surface area contributed by atoms with E-state index in [1.807, 2.05) is 19.2 Å². The van der Waals surface area contributed by atoms with Crippen molar-refractivity contribution in [3.63, 3.8) is 0 Å². The van der Waals surface area contributed by atoms with Crippen LogP contribution >= 0.6 is 11.6 Å². The van der Waals surface area contributed by atoms with Crippen molar-refractivity contribution in [2.24, 2.45) is 7.05 Å². The highest BCUT2D eigenvalue weighted by Crippen LogP contribution is 2.49.